The lowest BCUT2D eigenvalue weighted by molar-refractivity contribution is -0.150. The summed E-state index contributed by atoms with van der Waals surface area (Å²) in [5.41, 5.74) is 0. The molecule has 9 nitrogen and oxygen atoms in total. The molecule has 1 heterocycles. The SMILES string of the molecule is CCCCCCCC/C=C\CCCCCCCC(=O)OCC(COC(=O)CCCCCCC=O)CN(CCCN1CCCC1)C(=O)CCCCCCCC.CCCCCCCCC(CCCCCCCC)OC. The second kappa shape index (κ2) is 57.4. The third-order valence-electron chi connectivity index (χ3n) is 14.8. The van der Waals surface area contributed by atoms with Gasteiger partial charge in [0.25, 0.3) is 0 Å². The van der Waals surface area contributed by atoms with E-state index in [2.05, 4.69) is 44.7 Å². The van der Waals surface area contributed by atoms with Crippen LogP contribution in [0.4, 0.5) is 0 Å². The maximum absolute atomic E-state index is 13.6. The number of esters is 2. The minimum absolute atomic E-state index is 0.136. The summed E-state index contributed by atoms with van der Waals surface area (Å²) in [5.74, 6) is -0.578. The largest absolute Gasteiger partial charge is 0.465 e. The van der Waals surface area contributed by atoms with E-state index in [9.17, 15) is 19.2 Å². The fourth-order valence-corrected chi connectivity index (χ4v) is 9.93. The van der Waals surface area contributed by atoms with Gasteiger partial charge in [0.05, 0.1) is 19.3 Å². The van der Waals surface area contributed by atoms with Gasteiger partial charge in [-0.25, -0.2) is 0 Å². The summed E-state index contributed by atoms with van der Waals surface area (Å²) in [6, 6.07) is 0. The summed E-state index contributed by atoms with van der Waals surface area (Å²) in [5, 5.41) is 0. The van der Waals surface area contributed by atoms with Gasteiger partial charge in [0.1, 0.15) is 6.29 Å². The van der Waals surface area contributed by atoms with Gasteiger partial charge in [0.15, 0.2) is 0 Å². The molecule has 1 rings (SSSR count). The highest BCUT2D eigenvalue weighted by atomic mass is 16.5. The number of amides is 1. The van der Waals surface area contributed by atoms with Crippen molar-refractivity contribution >= 4 is 24.1 Å². The molecule has 0 saturated carbocycles. The number of carbonyl (C=O) groups excluding carboxylic acids is 4. The quantitative estimate of drug-likeness (QED) is 0.0257. The number of hydrogen-bond donors (Lipinski definition) is 0. The van der Waals surface area contributed by atoms with Gasteiger partial charge in [-0.2, -0.15) is 0 Å². The first-order valence-electron chi connectivity index (χ1n) is 31.8. The van der Waals surface area contributed by atoms with Crippen LogP contribution in [0.3, 0.4) is 0 Å². The van der Waals surface area contributed by atoms with Crippen molar-refractivity contribution in [2.75, 3.05) is 53.0 Å². The molecule has 0 aromatic rings. The molecule has 0 aliphatic carbocycles. The van der Waals surface area contributed by atoms with Crippen molar-refractivity contribution in [3.05, 3.63) is 12.2 Å². The molecule has 1 aliphatic heterocycles. The number of aldehydes is 1. The number of nitrogens with zero attached hydrogens (tertiary/aromatic N) is 2. The first-order chi connectivity index (χ1) is 35.8. The lowest BCUT2D eigenvalue weighted by atomic mass is 10.0. The molecule has 1 unspecified atom stereocenters. The Morgan fingerprint density at radius 3 is 1.29 bits per heavy atom. The van der Waals surface area contributed by atoms with E-state index < -0.39 is 0 Å². The zero-order valence-corrected chi connectivity index (χ0v) is 49.2. The summed E-state index contributed by atoms with van der Waals surface area (Å²) >= 11 is 0. The Labute approximate surface area is 453 Å². The number of rotatable bonds is 54. The fourth-order valence-electron chi connectivity index (χ4n) is 9.93. The van der Waals surface area contributed by atoms with E-state index in [0.29, 0.717) is 44.9 Å². The molecule has 0 aromatic carbocycles. The van der Waals surface area contributed by atoms with Gasteiger partial charge in [-0.15, -0.1) is 0 Å². The number of methoxy groups -OCH3 is 1. The second-order valence-electron chi connectivity index (χ2n) is 21.9. The average Bonchev–Trinajstić information content (AvgIpc) is 3.92. The van der Waals surface area contributed by atoms with E-state index in [1.165, 1.54) is 186 Å². The summed E-state index contributed by atoms with van der Waals surface area (Å²) in [4.78, 5) is 54.0. The van der Waals surface area contributed by atoms with Gasteiger partial charge in [0, 0.05) is 51.8 Å². The van der Waals surface area contributed by atoms with E-state index in [1.807, 2.05) is 12.0 Å². The molecule has 0 N–H and O–H groups in total. The molecule has 73 heavy (non-hydrogen) atoms. The Balaban J connectivity index is 0.00000229. The average molecular weight is 1030 g/mol. The second-order valence-corrected chi connectivity index (χ2v) is 21.9. The molecular formula is C64H122N2O7. The standard InChI is InChI=1S/C46H84N2O6.C18H38O/c1-3-5-7-9-11-12-13-14-15-16-17-18-19-22-26-33-45(51)53-41-43(42-54-46(52)34-27-23-20-24-30-39-49)40-48(38-31-37-47-35-28-29-36-47)44(50)32-25-21-10-8-6-4-2;1-4-6-8-10-12-14-16-18(19-3)17-15-13-11-9-7-5-2/h14-15,39,43H,3-13,16-38,40-42H2,1-2H3;18H,4-17H2,1-3H3/b15-14-;. The van der Waals surface area contributed by atoms with Crippen LogP contribution in [0.2, 0.25) is 0 Å². The van der Waals surface area contributed by atoms with Gasteiger partial charge in [-0.1, -0.05) is 213 Å². The van der Waals surface area contributed by atoms with Gasteiger partial charge in [0.2, 0.25) is 5.91 Å². The summed E-state index contributed by atoms with van der Waals surface area (Å²) in [7, 11) is 1.89. The molecular weight excluding hydrogens is 909 g/mol. The summed E-state index contributed by atoms with van der Waals surface area (Å²) in [6.45, 7) is 13.7. The van der Waals surface area contributed by atoms with Crippen molar-refractivity contribution in [2.24, 2.45) is 5.92 Å². The van der Waals surface area contributed by atoms with Gasteiger partial charge in [-0.05, 0) is 103 Å². The van der Waals surface area contributed by atoms with Crippen molar-refractivity contribution in [2.45, 2.75) is 316 Å². The Bertz CT molecular complexity index is 1210. The van der Waals surface area contributed by atoms with E-state index >= 15 is 0 Å². The molecule has 0 bridgehead atoms. The van der Waals surface area contributed by atoms with Crippen molar-refractivity contribution in [3.8, 4) is 0 Å². The Kier molecular flexibility index (Phi) is 55.7. The normalized spacial score (nSPS) is 13.1. The first-order valence-corrected chi connectivity index (χ1v) is 31.8. The minimum Gasteiger partial charge on any atom is -0.465 e. The highest BCUT2D eigenvalue weighted by Gasteiger charge is 2.23. The predicted molar refractivity (Wildman–Crippen MR) is 310 cm³/mol. The number of likely N-dealkylation sites (tertiary alicyclic amines) is 1. The van der Waals surface area contributed by atoms with Crippen LogP contribution < -0.4 is 0 Å². The van der Waals surface area contributed by atoms with E-state index in [0.717, 1.165) is 96.5 Å². The minimum atomic E-state index is -0.264. The third-order valence-corrected chi connectivity index (χ3v) is 14.8. The monoisotopic (exact) mass is 1030 g/mol. The molecule has 0 aromatic heterocycles. The Hall–Kier alpha value is -2.26. The lowest BCUT2D eigenvalue weighted by Gasteiger charge is -2.28. The lowest BCUT2D eigenvalue weighted by Crippen LogP contribution is -2.40. The Morgan fingerprint density at radius 2 is 0.863 bits per heavy atom. The van der Waals surface area contributed by atoms with Crippen molar-refractivity contribution in [3.63, 3.8) is 0 Å². The molecule has 1 amide bonds. The molecule has 0 spiro atoms. The van der Waals surface area contributed by atoms with Crippen LogP contribution >= 0.6 is 0 Å². The highest BCUT2D eigenvalue weighted by Crippen LogP contribution is 2.18. The van der Waals surface area contributed by atoms with Crippen LogP contribution in [0.15, 0.2) is 12.2 Å². The summed E-state index contributed by atoms with van der Waals surface area (Å²) < 4.78 is 17.1. The van der Waals surface area contributed by atoms with Crippen molar-refractivity contribution < 1.29 is 33.4 Å². The van der Waals surface area contributed by atoms with Crippen LogP contribution in [0.1, 0.15) is 310 Å². The molecule has 1 atom stereocenters. The van der Waals surface area contributed by atoms with E-state index in [1.54, 1.807) is 0 Å². The van der Waals surface area contributed by atoms with Gasteiger partial charge in [-0.3, -0.25) is 14.4 Å². The zero-order valence-electron chi connectivity index (χ0n) is 49.2. The van der Waals surface area contributed by atoms with Crippen LogP contribution in [-0.4, -0.2) is 93.1 Å². The maximum Gasteiger partial charge on any atom is 0.305 e. The molecule has 0 radical (unpaired) electrons. The molecule has 430 valence electrons. The number of unbranched alkanes of at least 4 members (excludes halogenated alkanes) is 30. The third kappa shape index (κ3) is 50.3. The molecule has 1 aliphatic rings. The van der Waals surface area contributed by atoms with Crippen LogP contribution in [0.5, 0.6) is 0 Å². The van der Waals surface area contributed by atoms with Crippen molar-refractivity contribution in [1.29, 1.82) is 0 Å². The first kappa shape index (κ1) is 70.7. The number of allylic oxidation sites excluding steroid dienone is 2. The zero-order chi connectivity index (χ0) is 53.3. The molecule has 9 heteroatoms. The smallest absolute Gasteiger partial charge is 0.305 e. The van der Waals surface area contributed by atoms with Gasteiger partial charge >= 0.3 is 11.9 Å². The van der Waals surface area contributed by atoms with Crippen LogP contribution in [-0.2, 0) is 33.4 Å². The number of carbonyl (C=O) groups is 4. The van der Waals surface area contributed by atoms with Crippen LogP contribution in [0, 0.1) is 5.92 Å². The number of ether oxygens (including phenoxy) is 3. The predicted octanol–water partition coefficient (Wildman–Crippen LogP) is 17.8. The molecule has 1 fully saturated rings. The fraction of sp³-hybridized carbons (Fsp3) is 0.906. The highest BCUT2D eigenvalue weighted by molar-refractivity contribution is 5.76. The van der Waals surface area contributed by atoms with Crippen LogP contribution in [0.25, 0.3) is 0 Å². The summed E-state index contributed by atoms with van der Waals surface area (Å²) in [6.07, 6.45) is 56.6. The maximum atomic E-state index is 13.6. The Morgan fingerprint density at radius 1 is 0.479 bits per heavy atom. The molecule has 1 saturated heterocycles. The van der Waals surface area contributed by atoms with E-state index in [-0.39, 0.29) is 37.0 Å². The number of hydrogen-bond acceptors (Lipinski definition) is 8. The van der Waals surface area contributed by atoms with Crippen molar-refractivity contribution in [1.82, 2.24) is 9.80 Å². The van der Waals surface area contributed by atoms with Gasteiger partial charge < -0.3 is 28.8 Å². The topological polar surface area (TPSA) is 102 Å². The van der Waals surface area contributed by atoms with E-state index in [4.69, 9.17) is 14.2 Å².